The number of anilines is 1. The third kappa shape index (κ3) is 4.49. The van der Waals surface area contributed by atoms with E-state index in [9.17, 15) is 14.7 Å². The molecule has 2 aromatic rings. The molecule has 5 N–H and O–H groups in total. The van der Waals surface area contributed by atoms with E-state index in [1.807, 2.05) is 59.0 Å². The molecule has 9 heteroatoms. The van der Waals surface area contributed by atoms with Crippen LogP contribution in [0.15, 0.2) is 65.1 Å². The van der Waals surface area contributed by atoms with Crippen LogP contribution in [0.4, 0.5) is 5.69 Å². The summed E-state index contributed by atoms with van der Waals surface area (Å²) in [5.74, 6) is 0.0220. The number of fused-ring (bicyclic) bond motifs is 2. The molecule has 1 aliphatic carbocycles. The topological polar surface area (TPSA) is 133 Å². The van der Waals surface area contributed by atoms with Crippen molar-refractivity contribution in [1.82, 2.24) is 4.90 Å². The van der Waals surface area contributed by atoms with Gasteiger partial charge in [0.2, 0.25) is 11.8 Å². The summed E-state index contributed by atoms with van der Waals surface area (Å²) in [6, 6.07) is 17.7. The molecule has 3 aliphatic rings. The van der Waals surface area contributed by atoms with E-state index in [0.717, 1.165) is 34.1 Å². The Labute approximate surface area is 221 Å². The molecule has 0 spiro atoms. The van der Waals surface area contributed by atoms with Crippen LogP contribution in [-0.2, 0) is 16.2 Å². The summed E-state index contributed by atoms with van der Waals surface area (Å²) in [5, 5.41) is 22.1. The van der Waals surface area contributed by atoms with Gasteiger partial charge in [0.15, 0.2) is 0 Å². The van der Waals surface area contributed by atoms with Crippen LogP contribution >= 0.6 is 22.6 Å². The van der Waals surface area contributed by atoms with Crippen LogP contribution in [0.5, 0.6) is 0 Å². The quantitative estimate of drug-likeness (QED) is 0.120. The number of amides is 2. The molecule has 2 aliphatic heterocycles. The number of nitrogens with one attached hydrogen (secondary N) is 2. The summed E-state index contributed by atoms with van der Waals surface area (Å²) < 4.78 is 5.50. The fraction of sp³-hybridized carbons (Fsp3) is 0.222. The van der Waals surface area contributed by atoms with E-state index in [1.54, 1.807) is 29.2 Å². The lowest BCUT2D eigenvalue weighted by Gasteiger charge is -2.25. The van der Waals surface area contributed by atoms with E-state index in [1.165, 1.54) is 0 Å². The molecule has 2 atom stereocenters. The lowest BCUT2D eigenvalue weighted by molar-refractivity contribution is -0.135. The monoisotopic (exact) mass is 596 g/mol. The normalized spacial score (nSPS) is 16.4. The average Bonchev–Trinajstić information content (AvgIpc) is 3.36. The number of nitrogens with two attached hydrogens (primary N) is 1. The van der Waals surface area contributed by atoms with Crippen LogP contribution in [0.2, 0.25) is 0 Å². The molecular weight excluding hydrogens is 571 g/mol. The second-order valence-corrected chi connectivity index (χ2v) is 10.1. The van der Waals surface area contributed by atoms with Crippen molar-refractivity contribution in [3.05, 3.63) is 71.6 Å². The lowest BCUT2D eigenvalue weighted by atomic mass is 9.91. The highest BCUT2D eigenvalue weighted by molar-refractivity contribution is 14.1. The van der Waals surface area contributed by atoms with Crippen LogP contribution < -0.4 is 16.4 Å². The van der Waals surface area contributed by atoms with Gasteiger partial charge in [-0.05, 0) is 48.2 Å². The summed E-state index contributed by atoms with van der Waals surface area (Å²) in [5.41, 5.74) is 10.2. The van der Waals surface area contributed by atoms with Crippen LogP contribution in [0, 0.1) is 5.41 Å². The fourth-order valence-corrected chi connectivity index (χ4v) is 5.20. The number of rotatable bonds is 5. The Balaban J connectivity index is 1.58. The molecule has 2 heterocycles. The van der Waals surface area contributed by atoms with Gasteiger partial charge in [0.05, 0.1) is 12.0 Å². The van der Waals surface area contributed by atoms with E-state index < -0.39 is 10.1 Å². The first-order chi connectivity index (χ1) is 17.4. The van der Waals surface area contributed by atoms with E-state index in [4.69, 9.17) is 15.6 Å². The first-order valence-corrected chi connectivity index (χ1v) is 12.9. The Morgan fingerprint density at radius 2 is 1.97 bits per heavy atom. The van der Waals surface area contributed by atoms with E-state index >= 15 is 0 Å². The molecule has 36 heavy (non-hydrogen) atoms. The Hall–Kier alpha value is -3.28. The molecule has 0 saturated carbocycles. The van der Waals surface area contributed by atoms with E-state index in [0.29, 0.717) is 35.4 Å². The van der Waals surface area contributed by atoms with E-state index in [2.05, 4.69) is 5.32 Å². The summed E-state index contributed by atoms with van der Waals surface area (Å²) in [6.45, 7) is 0.392. The van der Waals surface area contributed by atoms with Crippen molar-refractivity contribution in [3.8, 4) is 22.5 Å². The molecule has 1 saturated heterocycles. The number of carbonyl (C=O) groups excluding carboxylic acids is 2. The minimum atomic E-state index is -0.689. The molecule has 1 fully saturated rings. The van der Waals surface area contributed by atoms with Gasteiger partial charge in [-0.1, -0.05) is 46.9 Å². The zero-order chi connectivity index (χ0) is 25.4. The zero-order valence-corrected chi connectivity index (χ0v) is 21.5. The molecule has 0 aromatic heterocycles. The molecule has 184 valence electrons. The summed E-state index contributed by atoms with van der Waals surface area (Å²) in [7, 11) is 0. The van der Waals surface area contributed by atoms with Crippen LogP contribution in [-0.4, -0.2) is 38.5 Å². The number of nitrogens with zero attached hydrogens (tertiary/aromatic N) is 1. The van der Waals surface area contributed by atoms with Crippen molar-refractivity contribution in [3.63, 3.8) is 0 Å². The van der Waals surface area contributed by atoms with Gasteiger partial charge in [-0.15, -0.1) is 0 Å². The molecule has 5 rings (SSSR count). The van der Waals surface area contributed by atoms with Crippen LogP contribution in [0.25, 0.3) is 33.4 Å². The van der Waals surface area contributed by atoms with Crippen molar-refractivity contribution in [2.24, 2.45) is 5.73 Å². The van der Waals surface area contributed by atoms with Crippen molar-refractivity contribution in [1.29, 1.82) is 5.41 Å². The first-order valence-electron chi connectivity index (χ1n) is 11.6. The number of halogens is 1. The largest absolute Gasteiger partial charge is 0.456 e. The van der Waals surface area contributed by atoms with Crippen LogP contribution in [0.1, 0.15) is 18.4 Å². The van der Waals surface area contributed by atoms with Crippen molar-refractivity contribution < 1.29 is 19.1 Å². The third-order valence-electron chi connectivity index (χ3n) is 6.52. The average molecular weight is 596 g/mol. The third-order valence-corrected chi connectivity index (χ3v) is 7.05. The smallest absolute Gasteiger partial charge is 0.250 e. The molecule has 8 nitrogen and oxygen atoms in total. The van der Waals surface area contributed by atoms with Gasteiger partial charge in [0, 0.05) is 40.9 Å². The van der Waals surface area contributed by atoms with Gasteiger partial charge >= 0.3 is 0 Å². The highest BCUT2D eigenvalue weighted by Gasteiger charge is 2.35. The number of carbonyl (C=O) groups is 2. The van der Waals surface area contributed by atoms with Crippen molar-refractivity contribution in [2.75, 3.05) is 11.9 Å². The van der Waals surface area contributed by atoms with Crippen molar-refractivity contribution in [2.45, 2.75) is 29.5 Å². The standard InChI is InChI=1S/C27H25IN4O4/c28-25(30)27(35)32-11-3-6-21(32)26(34)31-17-8-10-20-23(13-17)36-22-12-16(29)7-9-19(22)24(20)18-5-2-1-4-15(18)14-33/h1-2,4-5,7-10,12-13,21,25,29,33H,3,6,11,14,30H2,(H,31,34)/t21-,25?/m0/s1. The molecule has 1 unspecified atom stereocenters. The molecular formula is C27H25IN4O4. The number of aliphatic hydroxyl groups excluding tert-OH is 1. The molecule has 2 aromatic carbocycles. The molecule has 2 amide bonds. The Morgan fingerprint density at radius 3 is 2.75 bits per heavy atom. The molecule has 0 bridgehead atoms. The second kappa shape index (κ2) is 10.00. The summed E-state index contributed by atoms with van der Waals surface area (Å²) >= 11 is 1.86. The summed E-state index contributed by atoms with van der Waals surface area (Å²) in [4.78, 5) is 27.1. The lowest BCUT2D eigenvalue weighted by Crippen LogP contribution is -2.47. The predicted octanol–water partition coefficient (Wildman–Crippen LogP) is 3.83. The SMILES string of the molecule is N=c1ccc2c(-c3ccccc3CO)c3ccc(NC(=O)[C@@H]4CCCN4C(=O)C(N)I)cc3oc-2c1. The van der Waals surface area contributed by atoms with Crippen LogP contribution in [0.3, 0.4) is 0 Å². The van der Waals surface area contributed by atoms with E-state index in [-0.39, 0.29) is 18.4 Å². The van der Waals surface area contributed by atoms with Gasteiger partial charge in [-0.25, -0.2) is 0 Å². The second-order valence-electron chi connectivity index (χ2n) is 8.79. The maximum Gasteiger partial charge on any atom is 0.250 e. The number of likely N-dealkylation sites (tertiary alicyclic amines) is 1. The van der Waals surface area contributed by atoms with Gasteiger partial charge in [-0.3, -0.25) is 9.59 Å². The number of benzene rings is 3. The number of hydrogen-bond donors (Lipinski definition) is 4. The fourth-order valence-electron chi connectivity index (χ4n) is 4.85. The maximum absolute atomic E-state index is 13.1. The Morgan fingerprint density at radius 1 is 1.17 bits per heavy atom. The number of aliphatic hydroxyl groups is 1. The van der Waals surface area contributed by atoms with Gasteiger partial charge in [0.1, 0.15) is 21.4 Å². The van der Waals surface area contributed by atoms with Gasteiger partial charge in [-0.2, -0.15) is 0 Å². The number of hydrogen-bond acceptors (Lipinski definition) is 6. The first kappa shape index (κ1) is 24.4. The number of alkyl halides is 1. The molecule has 0 radical (unpaired) electrons. The highest BCUT2D eigenvalue weighted by atomic mass is 127. The minimum Gasteiger partial charge on any atom is -0.456 e. The van der Waals surface area contributed by atoms with Gasteiger partial charge in [0.25, 0.3) is 0 Å². The Kier molecular flexibility index (Phi) is 6.78. The Bertz CT molecular complexity index is 1500. The van der Waals surface area contributed by atoms with Crippen molar-refractivity contribution >= 4 is 51.1 Å². The minimum absolute atomic E-state index is 0.118. The predicted molar refractivity (Wildman–Crippen MR) is 145 cm³/mol. The zero-order valence-electron chi connectivity index (χ0n) is 19.3. The van der Waals surface area contributed by atoms with Gasteiger partial charge < -0.3 is 30.9 Å². The maximum atomic E-state index is 13.1. The highest BCUT2D eigenvalue weighted by Crippen LogP contribution is 2.41. The summed E-state index contributed by atoms with van der Waals surface area (Å²) in [6.07, 6.45) is 1.33.